The van der Waals surface area contributed by atoms with Gasteiger partial charge in [-0.25, -0.2) is 4.79 Å². The molecule has 1 N–H and O–H groups in total. The van der Waals surface area contributed by atoms with E-state index in [0.717, 1.165) is 4.90 Å². The summed E-state index contributed by atoms with van der Waals surface area (Å²) in [6.45, 7) is 0.0615. The van der Waals surface area contributed by atoms with Gasteiger partial charge in [-0.05, 0) is 6.07 Å². The van der Waals surface area contributed by atoms with Crippen LogP contribution in [0.25, 0.3) is 0 Å². The molecule has 0 bridgehead atoms. The summed E-state index contributed by atoms with van der Waals surface area (Å²) >= 11 is 5.34. The fraction of sp³-hybridized carbons (Fsp3) is 0.545. The van der Waals surface area contributed by atoms with Gasteiger partial charge in [-0.3, -0.25) is 5.32 Å². The second kappa shape index (κ2) is 7.56. The summed E-state index contributed by atoms with van der Waals surface area (Å²) in [7, 11) is 4.19. The predicted octanol–water partition coefficient (Wildman–Crippen LogP) is 2.23. The van der Waals surface area contributed by atoms with Gasteiger partial charge < -0.3 is 14.4 Å². The maximum Gasteiger partial charge on any atom is 0.419 e. The number of nitrogens with one attached hydrogen (secondary N) is 1. The molecule has 11 heteroatoms. The van der Waals surface area contributed by atoms with E-state index in [1.165, 1.54) is 21.3 Å². The van der Waals surface area contributed by atoms with Crippen LogP contribution in [0.4, 0.5) is 23.8 Å². The molecule has 0 saturated carbocycles. The van der Waals surface area contributed by atoms with Crippen LogP contribution < -0.4 is 5.32 Å². The first-order valence-electron chi connectivity index (χ1n) is 5.87. The van der Waals surface area contributed by atoms with Gasteiger partial charge in [-0.15, -0.1) is 10.2 Å². The van der Waals surface area contributed by atoms with E-state index in [1.807, 2.05) is 0 Å². The lowest BCUT2D eigenvalue weighted by molar-refractivity contribution is -0.137. The van der Waals surface area contributed by atoms with Crippen molar-refractivity contribution in [2.75, 3.05) is 33.1 Å². The zero-order valence-corrected chi connectivity index (χ0v) is 12.7. The minimum atomic E-state index is -4.70. The summed E-state index contributed by atoms with van der Waals surface area (Å²) in [5, 5.41) is 7.94. The van der Waals surface area contributed by atoms with E-state index in [-0.39, 0.29) is 12.4 Å². The second-order valence-electron chi connectivity index (χ2n) is 4.14. The molecule has 22 heavy (non-hydrogen) atoms. The molecule has 1 aromatic rings. The molecule has 0 aliphatic rings. The Kier molecular flexibility index (Phi) is 6.33. The highest BCUT2D eigenvalue weighted by Crippen LogP contribution is 2.34. The maximum absolute atomic E-state index is 12.7. The number of ether oxygens (including phenoxy) is 2. The van der Waals surface area contributed by atoms with Crippen molar-refractivity contribution in [2.24, 2.45) is 0 Å². The third-order valence-electron chi connectivity index (χ3n) is 2.58. The topological polar surface area (TPSA) is 76.6 Å². The number of anilines is 1. The first-order chi connectivity index (χ1) is 10.2. The number of alkyl halides is 3. The lowest BCUT2D eigenvalue weighted by atomic mass is 10.3. The van der Waals surface area contributed by atoms with E-state index in [9.17, 15) is 18.0 Å². The maximum atomic E-state index is 12.7. The Morgan fingerprint density at radius 1 is 1.41 bits per heavy atom. The Bertz CT molecular complexity index is 526. The Hall–Kier alpha value is -1.65. The molecular weight excluding hydrogens is 329 g/mol. The van der Waals surface area contributed by atoms with Crippen LogP contribution in [-0.4, -0.2) is 55.2 Å². The minimum Gasteiger partial charge on any atom is -0.354 e. The van der Waals surface area contributed by atoms with Crippen LogP contribution >= 0.6 is 11.6 Å². The summed E-state index contributed by atoms with van der Waals surface area (Å²) in [5.74, 6) is -0.375. The quantitative estimate of drug-likeness (QED) is 0.830. The fourth-order valence-electron chi connectivity index (χ4n) is 1.39. The van der Waals surface area contributed by atoms with Gasteiger partial charge in [0.05, 0.1) is 12.1 Å². The van der Waals surface area contributed by atoms with Gasteiger partial charge >= 0.3 is 12.2 Å². The molecule has 124 valence electrons. The minimum absolute atomic E-state index is 0.0615. The van der Waals surface area contributed by atoms with Crippen molar-refractivity contribution in [1.29, 1.82) is 0 Å². The van der Waals surface area contributed by atoms with Crippen molar-refractivity contribution >= 4 is 23.4 Å². The number of methoxy groups -OCH3 is 2. The van der Waals surface area contributed by atoms with E-state index < -0.39 is 29.2 Å². The largest absolute Gasteiger partial charge is 0.419 e. The molecular formula is C11H14ClF3N4O3. The van der Waals surface area contributed by atoms with Crippen molar-refractivity contribution in [1.82, 2.24) is 15.1 Å². The molecule has 0 fully saturated rings. The van der Waals surface area contributed by atoms with Crippen LogP contribution in [-0.2, 0) is 15.7 Å². The number of likely N-dealkylation sites (N-methyl/N-ethyl adjacent to an activating group) is 1. The normalized spacial score (nSPS) is 11.6. The first-order valence-corrected chi connectivity index (χ1v) is 6.25. The lowest BCUT2D eigenvalue weighted by Gasteiger charge is -2.22. The van der Waals surface area contributed by atoms with Crippen LogP contribution in [0, 0.1) is 0 Å². The van der Waals surface area contributed by atoms with E-state index in [2.05, 4.69) is 15.5 Å². The zero-order valence-electron chi connectivity index (χ0n) is 11.9. The van der Waals surface area contributed by atoms with Crippen LogP contribution in [0.3, 0.4) is 0 Å². The fourth-order valence-corrected chi connectivity index (χ4v) is 1.59. The molecule has 0 atom stereocenters. The Morgan fingerprint density at radius 3 is 2.50 bits per heavy atom. The SMILES string of the molecule is COC(CN(C)C(=O)Nc1cc(C(F)(F)F)c(Cl)nn1)OC. The number of carbonyl (C=O) groups is 1. The zero-order chi connectivity index (χ0) is 16.9. The van der Waals surface area contributed by atoms with E-state index in [4.69, 9.17) is 21.1 Å². The molecule has 2 amide bonds. The summed E-state index contributed by atoms with van der Waals surface area (Å²) in [6.07, 6.45) is -5.37. The Morgan fingerprint density at radius 2 is 2.00 bits per heavy atom. The van der Waals surface area contributed by atoms with Crippen LogP contribution in [0.1, 0.15) is 5.56 Å². The molecule has 1 rings (SSSR count). The molecule has 1 aromatic heterocycles. The van der Waals surface area contributed by atoms with E-state index >= 15 is 0 Å². The van der Waals surface area contributed by atoms with Crippen LogP contribution in [0.5, 0.6) is 0 Å². The molecule has 0 aliphatic heterocycles. The highest BCUT2D eigenvalue weighted by Gasteiger charge is 2.35. The molecule has 0 aliphatic carbocycles. The smallest absolute Gasteiger partial charge is 0.354 e. The van der Waals surface area contributed by atoms with Gasteiger partial charge in [0, 0.05) is 21.3 Å². The highest BCUT2D eigenvalue weighted by molar-refractivity contribution is 6.30. The van der Waals surface area contributed by atoms with Crippen molar-refractivity contribution in [3.63, 3.8) is 0 Å². The van der Waals surface area contributed by atoms with Crippen molar-refractivity contribution in [2.45, 2.75) is 12.5 Å². The Balaban J connectivity index is 2.80. The second-order valence-corrected chi connectivity index (χ2v) is 4.50. The molecule has 0 unspecified atom stereocenters. The first kappa shape index (κ1) is 18.4. The number of halogens is 4. The van der Waals surface area contributed by atoms with Gasteiger partial charge in [-0.2, -0.15) is 13.2 Å². The summed E-state index contributed by atoms with van der Waals surface area (Å²) in [4.78, 5) is 13.0. The summed E-state index contributed by atoms with van der Waals surface area (Å²) in [5.41, 5.74) is -1.19. The molecule has 0 spiro atoms. The van der Waals surface area contributed by atoms with Crippen molar-refractivity contribution in [3.05, 3.63) is 16.8 Å². The highest BCUT2D eigenvalue weighted by atomic mass is 35.5. The number of hydrogen-bond acceptors (Lipinski definition) is 5. The van der Waals surface area contributed by atoms with E-state index in [0.29, 0.717) is 6.07 Å². The number of nitrogens with zero attached hydrogens (tertiary/aromatic N) is 3. The number of rotatable bonds is 5. The monoisotopic (exact) mass is 342 g/mol. The van der Waals surface area contributed by atoms with Gasteiger partial charge in [0.1, 0.15) is 0 Å². The number of amides is 2. The summed E-state index contributed by atoms with van der Waals surface area (Å²) < 4.78 is 47.9. The summed E-state index contributed by atoms with van der Waals surface area (Å²) in [6, 6.07) is -0.102. The average molecular weight is 343 g/mol. The van der Waals surface area contributed by atoms with Crippen LogP contribution in [0.2, 0.25) is 5.15 Å². The van der Waals surface area contributed by atoms with Crippen molar-refractivity contribution < 1.29 is 27.4 Å². The molecule has 7 nitrogen and oxygen atoms in total. The lowest BCUT2D eigenvalue weighted by Crippen LogP contribution is -2.38. The molecule has 0 saturated heterocycles. The van der Waals surface area contributed by atoms with Gasteiger partial charge in [0.25, 0.3) is 0 Å². The third kappa shape index (κ3) is 4.97. The van der Waals surface area contributed by atoms with Crippen molar-refractivity contribution in [3.8, 4) is 0 Å². The van der Waals surface area contributed by atoms with Gasteiger partial charge in [-0.1, -0.05) is 11.6 Å². The number of hydrogen-bond donors (Lipinski definition) is 1. The molecule has 1 heterocycles. The molecule has 0 aromatic carbocycles. The van der Waals surface area contributed by atoms with Gasteiger partial charge in [0.2, 0.25) is 0 Å². The van der Waals surface area contributed by atoms with Gasteiger partial charge in [0.15, 0.2) is 17.3 Å². The number of urea groups is 1. The number of aromatic nitrogens is 2. The predicted molar refractivity (Wildman–Crippen MR) is 71.5 cm³/mol. The Labute approximate surface area is 129 Å². The third-order valence-corrected chi connectivity index (χ3v) is 2.86. The average Bonchev–Trinajstić information content (AvgIpc) is 2.45. The molecule has 0 radical (unpaired) electrons. The van der Waals surface area contributed by atoms with E-state index in [1.54, 1.807) is 0 Å². The standard InChI is InChI=1S/C11H14ClF3N4O3/c1-19(5-8(21-2)22-3)10(20)16-7-4-6(11(13,14)15)9(12)18-17-7/h4,8H,5H2,1-3H3,(H,16,17,20). The van der Waals surface area contributed by atoms with Crippen LogP contribution in [0.15, 0.2) is 6.07 Å². The number of carbonyl (C=O) groups excluding carboxylic acids is 1.